The first-order chi connectivity index (χ1) is 16.7. The first kappa shape index (κ1) is 23.0. The minimum absolute atomic E-state index is 0. The molecule has 1 amide bonds. The highest BCUT2D eigenvalue weighted by molar-refractivity contribution is 6.11. The van der Waals surface area contributed by atoms with Gasteiger partial charge in [0, 0.05) is 29.9 Å². The van der Waals surface area contributed by atoms with Crippen LogP contribution < -0.4 is 19.1 Å². The number of ether oxygens (including phenoxy) is 3. The van der Waals surface area contributed by atoms with E-state index < -0.39 is 5.41 Å². The summed E-state index contributed by atoms with van der Waals surface area (Å²) in [5.41, 5.74) is 2.20. The molecule has 5 aliphatic rings. The number of hydrogen-bond acceptors (Lipinski definition) is 5. The van der Waals surface area contributed by atoms with Gasteiger partial charge in [-0.2, -0.15) is 0 Å². The molecule has 4 heterocycles. The lowest BCUT2D eigenvalue weighted by molar-refractivity contribution is -0.122. The highest BCUT2D eigenvalue weighted by Gasteiger charge is 2.57. The maximum Gasteiger partial charge on any atom is 0.245 e. The van der Waals surface area contributed by atoms with Crippen LogP contribution in [0.1, 0.15) is 56.1 Å². The van der Waals surface area contributed by atoms with Crippen LogP contribution in [0.3, 0.4) is 0 Å². The third-order valence-electron chi connectivity index (χ3n) is 8.82. The van der Waals surface area contributed by atoms with Crippen molar-refractivity contribution in [1.29, 1.82) is 0 Å². The van der Waals surface area contributed by atoms with Crippen LogP contribution in [0.5, 0.6) is 17.2 Å². The van der Waals surface area contributed by atoms with Gasteiger partial charge >= 0.3 is 0 Å². The predicted octanol–water partition coefficient (Wildman–Crippen LogP) is 4.91. The van der Waals surface area contributed by atoms with Crippen molar-refractivity contribution >= 4 is 24.0 Å². The van der Waals surface area contributed by atoms with E-state index in [1.165, 1.54) is 58.0 Å². The van der Waals surface area contributed by atoms with Gasteiger partial charge in [-0.05, 0) is 62.4 Å². The van der Waals surface area contributed by atoms with Gasteiger partial charge in [0.25, 0.3) is 0 Å². The van der Waals surface area contributed by atoms with E-state index in [2.05, 4.69) is 21.9 Å². The minimum Gasteiger partial charge on any atom is -0.491 e. The Morgan fingerprint density at radius 3 is 2.40 bits per heavy atom. The molecule has 6 nitrogen and oxygen atoms in total. The molecular weight excluding hydrogens is 464 g/mol. The molecule has 186 valence electrons. The lowest BCUT2D eigenvalue weighted by Gasteiger charge is -2.40. The Hall–Kier alpha value is -2.44. The first-order valence-corrected chi connectivity index (χ1v) is 13.0. The molecular formula is C28H33ClN2O4. The summed E-state index contributed by atoms with van der Waals surface area (Å²) in [5.74, 6) is 2.79. The van der Waals surface area contributed by atoms with E-state index in [0.717, 1.165) is 35.2 Å². The Kier molecular flexibility index (Phi) is 5.84. The topological polar surface area (TPSA) is 51.2 Å². The molecule has 7 rings (SSSR count). The monoisotopic (exact) mass is 496 g/mol. The highest BCUT2D eigenvalue weighted by Crippen LogP contribution is 2.55. The summed E-state index contributed by atoms with van der Waals surface area (Å²) in [7, 11) is 0. The molecule has 1 saturated heterocycles. The normalized spacial score (nSPS) is 25.9. The Bertz CT molecular complexity index is 1130. The lowest BCUT2D eigenvalue weighted by atomic mass is 9.77. The molecule has 1 spiro atoms. The number of amides is 1. The fourth-order valence-corrected chi connectivity index (χ4v) is 6.95. The lowest BCUT2D eigenvalue weighted by Crippen LogP contribution is -2.47. The van der Waals surface area contributed by atoms with Gasteiger partial charge in [-0.1, -0.05) is 37.5 Å². The minimum atomic E-state index is -0.796. The van der Waals surface area contributed by atoms with Crippen LogP contribution in [0.4, 0.5) is 5.69 Å². The van der Waals surface area contributed by atoms with Gasteiger partial charge in [-0.25, -0.2) is 0 Å². The van der Waals surface area contributed by atoms with E-state index in [9.17, 15) is 4.79 Å². The molecule has 0 aromatic heterocycles. The average molecular weight is 497 g/mol. The maximum atomic E-state index is 14.2. The molecule has 2 fully saturated rings. The third kappa shape index (κ3) is 3.52. The smallest absolute Gasteiger partial charge is 0.245 e. The number of carbonyl (C=O) groups is 1. The molecule has 35 heavy (non-hydrogen) atoms. The molecule has 2 aromatic carbocycles. The van der Waals surface area contributed by atoms with Crippen molar-refractivity contribution < 1.29 is 19.0 Å². The van der Waals surface area contributed by atoms with Gasteiger partial charge in [0.15, 0.2) is 11.5 Å². The fourth-order valence-electron chi connectivity index (χ4n) is 6.95. The highest BCUT2D eigenvalue weighted by atomic mass is 35.5. The van der Waals surface area contributed by atoms with Gasteiger partial charge < -0.3 is 24.0 Å². The van der Waals surface area contributed by atoms with E-state index in [1.807, 2.05) is 24.3 Å². The van der Waals surface area contributed by atoms with E-state index >= 15 is 0 Å². The van der Waals surface area contributed by atoms with Crippen LogP contribution in [0.25, 0.3) is 0 Å². The van der Waals surface area contributed by atoms with Crippen molar-refractivity contribution in [3.8, 4) is 17.2 Å². The van der Waals surface area contributed by atoms with E-state index in [4.69, 9.17) is 14.2 Å². The van der Waals surface area contributed by atoms with Crippen molar-refractivity contribution in [1.82, 2.24) is 4.90 Å². The van der Waals surface area contributed by atoms with Crippen molar-refractivity contribution in [3.63, 3.8) is 0 Å². The Labute approximate surface area is 212 Å². The largest absolute Gasteiger partial charge is 0.491 e. The predicted molar refractivity (Wildman–Crippen MR) is 136 cm³/mol. The summed E-state index contributed by atoms with van der Waals surface area (Å²) in [6.45, 7) is 3.66. The van der Waals surface area contributed by atoms with Crippen LogP contribution in [0, 0.1) is 5.92 Å². The number of piperidine rings is 1. The van der Waals surface area contributed by atoms with Crippen LogP contribution in [-0.2, 0) is 10.2 Å². The molecule has 1 aliphatic carbocycles. The quantitative estimate of drug-likeness (QED) is 0.604. The maximum absolute atomic E-state index is 14.2. The van der Waals surface area contributed by atoms with Gasteiger partial charge in [-0.3, -0.25) is 4.79 Å². The SMILES string of the molecule is Cl.O=C1N(CC2CCN(C3CCCCC3)CC2)c2ccccc2C12COc1cc3c(cc12)OCO3. The number of rotatable bonds is 3. The summed E-state index contributed by atoms with van der Waals surface area (Å²) >= 11 is 0. The standard InChI is InChI=1S/C28H32N2O4.ClH/c31-27-28(17-32-24-15-26-25(14-22(24)28)33-18-34-26)21-8-4-5-9-23(21)30(27)16-19-10-12-29(13-11-19)20-6-2-1-3-7-20;/h4-5,8-9,14-15,19-20H,1-3,6-7,10-13,16-18H2;1H. The van der Waals surface area contributed by atoms with Crippen LogP contribution in [-0.4, -0.2) is 49.9 Å². The second-order valence-corrected chi connectivity index (χ2v) is 10.6. The number of likely N-dealkylation sites (tertiary alicyclic amines) is 1. The summed E-state index contributed by atoms with van der Waals surface area (Å²) in [5, 5.41) is 0. The summed E-state index contributed by atoms with van der Waals surface area (Å²) in [6.07, 6.45) is 9.24. The second-order valence-electron chi connectivity index (χ2n) is 10.6. The molecule has 2 aromatic rings. The Balaban J connectivity index is 0.00000229. The third-order valence-corrected chi connectivity index (χ3v) is 8.82. The van der Waals surface area contributed by atoms with E-state index in [0.29, 0.717) is 24.0 Å². The van der Waals surface area contributed by atoms with Crippen molar-refractivity contribution in [3.05, 3.63) is 47.5 Å². The second kappa shape index (κ2) is 8.90. The zero-order valence-corrected chi connectivity index (χ0v) is 20.9. The molecule has 7 heteroatoms. The van der Waals surface area contributed by atoms with Crippen LogP contribution >= 0.6 is 12.4 Å². The molecule has 4 aliphatic heterocycles. The Morgan fingerprint density at radius 2 is 1.60 bits per heavy atom. The number of fused-ring (bicyclic) bond motifs is 5. The number of carbonyl (C=O) groups excluding carboxylic acids is 1. The van der Waals surface area contributed by atoms with Gasteiger partial charge in [0.05, 0.1) is 0 Å². The number of benzene rings is 2. The molecule has 1 saturated carbocycles. The number of hydrogen-bond donors (Lipinski definition) is 0. The number of anilines is 1. The Morgan fingerprint density at radius 1 is 0.857 bits per heavy atom. The fraction of sp³-hybridized carbons (Fsp3) is 0.536. The first-order valence-electron chi connectivity index (χ1n) is 13.0. The van der Waals surface area contributed by atoms with Crippen molar-refractivity contribution in [2.24, 2.45) is 5.92 Å². The molecule has 0 bridgehead atoms. The van der Waals surface area contributed by atoms with Gasteiger partial charge in [0.1, 0.15) is 17.8 Å². The zero-order valence-electron chi connectivity index (χ0n) is 20.0. The van der Waals surface area contributed by atoms with Crippen LogP contribution in [0.2, 0.25) is 0 Å². The summed E-state index contributed by atoms with van der Waals surface area (Å²) in [6, 6.07) is 12.9. The number of halogens is 1. The van der Waals surface area contributed by atoms with Gasteiger partial charge in [-0.15, -0.1) is 12.4 Å². The average Bonchev–Trinajstić information content (AvgIpc) is 3.56. The summed E-state index contributed by atoms with van der Waals surface area (Å²) in [4.78, 5) is 19.0. The molecule has 0 radical (unpaired) electrons. The van der Waals surface area contributed by atoms with E-state index in [1.54, 1.807) is 0 Å². The summed E-state index contributed by atoms with van der Waals surface area (Å²) < 4.78 is 17.3. The number of nitrogens with zero attached hydrogens (tertiary/aromatic N) is 2. The number of para-hydroxylation sites is 1. The van der Waals surface area contributed by atoms with E-state index in [-0.39, 0.29) is 25.1 Å². The van der Waals surface area contributed by atoms with Crippen LogP contribution in [0.15, 0.2) is 36.4 Å². The molecule has 0 N–H and O–H groups in total. The van der Waals surface area contributed by atoms with Gasteiger partial charge in [0.2, 0.25) is 12.7 Å². The molecule has 1 atom stereocenters. The molecule has 1 unspecified atom stereocenters. The van der Waals surface area contributed by atoms with Crippen molar-refractivity contribution in [2.75, 3.05) is 37.9 Å². The van der Waals surface area contributed by atoms with Crippen molar-refractivity contribution in [2.45, 2.75) is 56.4 Å². The zero-order chi connectivity index (χ0) is 22.7.